The monoisotopic (exact) mass is 412 g/mol. The van der Waals surface area contributed by atoms with Gasteiger partial charge in [0.25, 0.3) is 11.6 Å². The number of methoxy groups -OCH3 is 1. The zero-order valence-corrected chi connectivity index (χ0v) is 17.0. The smallest absolute Gasteiger partial charge is 0.293 e. The van der Waals surface area contributed by atoms with E-state index in [-0.39, 0.29) is 18.0 Å². The molecule has 1 amide bonds. The van der Waals surface area contributed by atoms with Gasteiger partial charge < -0.3 is 14.8 Å². The minimum Gasteiger partial charge on any atom is -0.493 e. The van der Waals surface area contributed by atoms with E-state index in [1.165, 1.54) is 23.5 Å². The molecule has 0 radical (unpaired) electrons. The maximum absolute atomic E-state index is 12.5. The Kier molecular flexibility index (Phi) is 6.13. The molecule has 3 rings (SSSR count). The Morgan fingerprint density at radius 2 is 1.83 bits per heavy atom. The first kappa shape index (κ1) is 20.3. The van der Waals surface area contributed by atoms with Crippen LogP contribution in [0.15, 0.2) is 47.8 Å². The number of nitro benzene ring substituents is 1. The normalized spacial score (nSPS) is 10.4. The lowest BCUT2D eigenvalue weighted by molar-refractivity contribution is -0.384. The van der Waals surface area contributed by atoms with Gasteiger partial charge in [0.05, 0.1) is 16.9 Å². The summed E-state index contributed by atoms with van der Waals surface area (Å²) in [5.41, 5.74) is 2.66. The van der Waals surface area contributed by atoms with Crippen LogP contribution in [0.25, 0.3) is 0 Å². The van der Waals surface area contributed by atoms with Gasteiger partial charge in [-0.2, -0.15) is 0 Å². The van der Waals surface area contributed by atoms with Crippen LogP contribution in [0.5, 0.6) is 11.5 Å². The Morgan fingerprint density at radius 3 is 2.55 bits per heavy atom. The van der Waals surface area contributed by atoms with Crippen molar-refractivity contribution < 1.29 is 19.2 Å². The van der Waals surface area contributed by atoms with Crippen LogP contribution in [0.1, 0.15) is 26.4 Å². The van der Waals surface area contributed by atoms with Crippen LogP contribution in [0.3, 0.4) is 0 Å². The van der Waals surface area contributed by atoms with Crippen molar-refractivity contribution in [1.82, 2.24) is 0 Å². The molecule has 0 aliphatic rings. The predicted octanol–water partition coefficient (Wildman–Crippen LogP) is 5.11. The second-order valence-corrected chi connectivity index (χ2v) is 7.41. The molecule has 3 aromatic rings. The number of nitrogens with zero attached hydrogens (tertiary/aromatic N) is 1. The highest BCUT2D eigenvalue weighted by Crippen LogP contribution is 2.30. The number of anilines is 1. The van der Waals surface area contributed by atoms with Crippen molar-refractivity contribution >= 4 is 28.6 Å². The second kappa shape index (κ2) is 8.74. The third-order valence-electron chi connectivity index (χ3n) is 4.19. The summed E-state index contributed by atoms with van der Waals surface area (Å²) in [4.78, 5) is 23.7. The molecule has 0 aliphatic carbocycles. The molecular formula is C21H20N2O5S. The van der Waals surface area contributed by atoms with Crippen LogP contribution in [-0.4, -0.2) is 17.9 Å². The van der Waals surface area contributed by atoms with Crippen molar-refractivity contribution in [3.8, 4) is 11.5 Å². The number of hydrogen-bond donors (Lipinski definition) is 1. The summed E-state index contributed by atoms with van der Waals surface area (Å²) in [5.74, 6) is 0.858. The van der Waals surface area contributed by atoms with Crippen molar-refractivity contribution in [2.24, 2.45) is 0 Å². The number of nitrogens with one attached hydrogen (secondary N) is 1. The molecular weight excluding hydrogens is 392 g/mol. The number of hydrogen-bond acceptors (Lipinski definition) is 6. The third kappa shape index (κ3) is 4.91. The molecule has 7 nitrogen and oxygen atoms in total. The number of thiophene rings is 1. The molecule has 8 heteroatoms. The zero-order valence-electron chi connectivity index (χ0n) is 16.2. The van der Waals surface area contributed by atoms with Crippen LogP contribution in [0, 0.1) is 24.0 Å². The summed E-state index contributed by atoms with van der Waals surface area (Å²) in [6, 6.07) is 12.0. The fourth-order valence-corrected chi connectivity index (χ4v) is 3.50. The van der Waals surface area contributed by atoms with Gasteiger partial charge in [0, 0.05) is 11.6 Å². The number of aryl methyl sites for hydroxylation is 2. The van der Waals surface area contributed by atoms with E-state index in [1.54, 1.807) is 26.2 Å². The van der Waals surface area contributed by atoms with E-state index in [9.17, 15) is 14.9 Å². The quantitative estimate of drug-likeness (QED) is 0.430. The molecule has 0 unspecified atom stereocenters. The van der Waals surface area contributed by atoms with Gasteiger partial charge in [-0.25, -0.2) is 0 Å². The molecule has 0 atom stereocenters. The van der Waals surface area contributed by atoms with Gasteiger partial charge in [0.15, 0.2) is 11.5 Å². The van der Waals surface area contributed by atoms with Crippen LogP contribution in [0.2, 0.25) is 0 Å². The zero-order chi connectivity index (χ0) is 21.0. The molecule has 0 fully saturated rings. The Labute approximate surface area is 172 Å². The molecule has 2 aromatic carbocycles. The van der Waals surface area contributed by atoms with E-state index in [0.29, 0.717) is 16.4 Å². The Bertz CT molecular complexity index is 1060. The van der Waals surface area contributed by atoms with Gasteiger partial charge in [-0.05, 0) is 54.6 Å². The standard InChI is InChI=1S/C21H20N2O5S/c1-13-4-6-16(17(8-13)23(25)26)22-21(24)20-10-15(12-29-20)11-28-18-7-5-14(2)9-19(18)27-3/h4-10,12H,11H2,1-3H3,(H,22,24). The highest BCUT2D eigenvalue weighted by atomic mass is 32.1. The van der Waals surface area contributed by atoms with Crippen molar-refractivity contribution in [2.45, 2.75) is 20.5 Å². The minimum absolute atomic E-state index is 0.134. The Morgan fingerprint density at radius 1 is 1.10 bits per heavy atom. The summed E-state index contributed by atoms with van der Waals surface area (Å²) in [7, 11) is 1.58. The maximum atomic E-state index is 12.5. The van der Waals surface area contributed by atoms with Crippen molar-refractivity contribution in [3.63, 3.8) is 0 Å². The first-order chi connectivity index (χ1) is 13.9. The molecule has 0 bridgehead atoms. The summed E-state index contributed by atoms with van der Waals surface area (Å²) in [6.45, 7) is 4.00. The Hall–Kier alpha value is -3.39. The van der Waals surface area contributed by atoms with E-state index in [1.807, 2.05) is 30.5 Å². The number of carbonyl (C=O) groups excluding carboxylic acids is 1. The maximum Gasteiger partial charge on any atom is 0.293 e. The van der Waals surface area contributed by atoms with E-state index >= 15 is 0 Å². The van der Waals surface area contributed by atoms with E-state index in [4.69, 9.17) is 9.47 Å². The topological polar surface area (TPSA) is 90.7 Å². The lowest BCUT2D eigenvalue weighted by Crippen LogP contribution is -2.11. The molecule has 1 heterocycles. The van der Waals surface area contributed by atoms with Gasteiger partial charge >= 0.3 is 0 Å². The molecule has 0 saturated heterocycles. The Balaban J connectivity index is 1.69. The van der Waals surface area contributed by atoms with Crippen LogP contribution in [0.4, 0.5) is 11.4 Å². The third-order valence-corrected chi connectivity index (χ3v) is 5.17. The van der Waals surface area contributed by atoms with Crippen LogP contribution < -0.4 is 14.8 Å². The average Bonchev–Trinajstić information content (AvgIpc) is 3.17. The van der Waals surface area contributed by atoms with E-state index in [2.05, 4.69) is 5.32 Å². The van der Waals surface area contributed by atoms with Gasteiger partial charge in [0.2, 0.25) is 0 Å². The summed E-state index contributed by atoms with van der Waals surface area (Å²) in [5, 5.41) is 15.7. The van der Waals surface area contributed by atoms with Gasteiger partial charge in [-0.15, -0.1) is 11.3 Å². The molecule has 150 valence electrons. The van der Waals surface area contributed by atoms with E-state index < -0.39 is 10.8 Å². The average molecular weight is 412 g/mol. The molecule has 1 N–H and O–H groups in total. The summed E-state index contributed by atoms with van der Waals surface area (Å²) in [6.07, 6.45) is 0. The molecule has 0 spiro atoms. The van der Waals surface area contributed by atoms with Crippen molar-refractivity contribution in [2.75, 3.05) is 12.4 Å². The largest absolute Gasteiger partial charge is 0.493 e. The molecule has 1 aromatic heterocycles. The number of ether oxygens (including phenoxy) is 2. The highest BCUT2D eigenvalue weighted by Gasteiger charge is 2.18. The number of amides is 1. The second-order valence-electron chi connectivity index (χ2n) is 6.49. The first-order valence-corrected chi connectivity index (χ1v) is 9.66. The number of nitro groups is 1. The number of benzene rings is 2. The molecule has 0 aliphatic heterocycles. The number of carbonyl (C=O) groups is 1. The van der Waals surface area contributed by atoms with Crippen LogP contribution >= 0.6 is 11.3 Å². The van der Waals surface area contributed by atoms with Gasteiger partial charge in [0.1, 0.15) is 12.3 Å². The van der Waals surface area contributed by atoms with Gasteiger partial charge in [-0.3, -0.25) is 14.9 Å². The van der Waals surface area contributed by atoms with Crippen molar-refractivity contribution in [3.05, 3.63) is 79.5 Å². The van der Waals surface area contributed by atoms with Crippen LogP contribution in [-0.2, 0) is 6.61 Å². The van der Waals surface area contributed by atoms with E-state index in [0.717, 1.165) is 16.7 Å². The minimum atomic E-state index is -0.509. The fourth-order valence-electron chi connectivity index (χ4n) is 2.71. The molecule has 29 heavy (non-hydrogen) atoms. The fraction of sp³-hybridized carbons (Fsp3) is 0.190. The summed E-state index contributed by atoms with van der Waals surface area (Å²) < 4.78 is 11.1. The lowest BCUT2D eigenvalue weighted by atomic mass is 10.2. The lowest BCUT2D eigenvalue weighted by Gasteiger charge is -2.10. The number of rotatable bonds is 7. The van der Waals surface area contributed by atoms with Gasteiger partial charge in [-0.1, -0.05) is 12.1 Å². The van der Waals surface area contributed by atoms with Crippen molar-refractivity contribution in [1.29, 1.82) is 0 Å². The summed E-state index contributed by atoms with van der Waals surface area (Å²) >= 11 is 1.25. The first-order valence-electron chi connectivity index (χ1n) is 8.78. The highest BCUT2D eigenvalue weighted by molar-refractivity contribution is 7.12. The molecule has 0 saturated carbocycles. The predicted molar refractivity (Wildman–Crippen MR) is 112 cm³/mol. The SMILES string of the molecule is COc1cc(C)ccc1OCc1csc(C(=O)Nc2ccc(C)cc2[N+](=O)[O-])c1.